The molecule has 2 fully saturated rings. The lowest BCUT2D eigenvalue weighted by Crippen LogP contribution is -2.35. The van der Waals surface area contributed by atoms with E-state index in [9.17, 15) is 0 Å². The van der Waals surface area contributed by atoms with Gasteiger partial charge in [0.25, 0.3) is 0 Å². The van der Waals surface area contributed by atoms with E-state index in [-0.39, 0.29) is 0 Å². The minimum Gasteiger partial charge on any atom is -0.299 e. The van der Waals surface area contributed by atoms with E-state index < -0.39 is 0 Å². The largest absolute Gasteiger partial charge is 0.299 e. The molecule has 96 valence electrons. The molecule has 3 rings (SSSR count). The fourth-order valence-electron chi connectivity index (χ4n) is 3.02. The molecule has 0 radical (unpaired) electrons. The molecule has 0 heterocycles. The van der Waals surface area contributed by atoms with Crippen molar-refractivity contribution in [2.24, 2.45) is 11.8 Å². The van der Waals surface area contributed by atoms with Gasteiger partial charge in [-0.1, -0.05) is 42.5 Å². The van der Waals surface area contributed by atoms with Gasteiger partial charge in [-0.25, -0.2) is 0 Å². The summed E-state index contributed by atoms with van der Waals surface area (Å²) < 4.78 is 0. The highest BCUT2D eigenvalue weighted by Gasteiger charge is 2.43. The van der Waals surface area contributed by atoms with E-state index in [0.717, 1.165) is 24.4 Å². The number of likely N-dealkylation sites (N-methyl/N-ethyl adjacent to an activating group) is 1. The normalized spacial score (nSPS) is 20.2. The summed E-state index contributed by atoms with van der Waals surface area (Å²) in [7, 11) is 2.30. The Labute approximate surface area is 111 Å². The molecule has 0 saturated heterocycles. The summed E-state index contributed by atoms with van der Waals surface area (Å²) in [6.07, 6.45) is 10.4. The maximum atomic E-state index is 2.58. The summed E-state index contributed by atoms with van der Waals surface area (Å²) in [5.74, 6) is 2.01. The van der Waals surface area contributed by atoms with Crippen LogP contribution < -0.4 is 0 Å². The molecule has 0 bridgehead atoms. The molecule has 1 aromatic carbocycles. The Kier molecular flexibility index (Phi) is 3.51. The molecule has 0 amide bonds. The third-order valence-electron chi connectivity index (χ3n) is 4.22. The first-order valence-corrected chi connectivity index (χ1v) is 7.26. The first-order chi connectivity index (χ1) is 8.84. The maximum absolute atomic E-state index is 2.58. The van der Waals surface area contributed by atoms with E-state index in [1.165, 1.54) is 31.2 Å². The predicted octanol–water partition coefficient (Wildman–Crippen LogP) is 3.82. The zero-order valence-electron chi connectivity index (χ0n) is 11.3. The second-order valence-corrected chi connectivity index (χ2v) is 5.92. The second kappa shape index (κ2) is 5.27. The van der Waals surface area contributed by atoms with Crippen molar-refractivity contribution < 1.29 is 0 Å². The highest BCUT2D eigenvalue weighted by Crippen LogP contribution is 2.46. The van der Waals surface area contributed by atoms with Gasteiger partial charge in [0.05, 0.1) is 0 Å². The second-order valence-electron chi connectivity index (χ2n) is 5.92. The van der Waals surface area contributed by atoms with Crippen molar-refractivity contribution in [1.29, 1.82) is 0 Å². The Bertz CT molecular complexity index is 389. The van der Waals surface area contributed by atoms with Gasteiger partial charge in [-0.05, 0) is 50.1 Å². The van der Waals surface area contributed by atoms with Crippen LogP contribution in [-0.4, -0.2) is 24.5 Å². The van der Waals surface area contributed by atoms with Crippen LogP contribution in [0.15, 0.2) is 36.4 Å². The monoisotopic (exact) mass is 241 g/mol. The quantitative estimate of drug-likeness (QED) is 0.732. The van der Waals surface area contributed by atoms with Crippen molar-refractivity contribution in [3.05, 3.63) is 42.0 Å². The molecular weight excluding hydrogens is 218 g/mol. The van der Waals surface area contributed by atoms with Gasteiger partial charge in [-0.3, -0.25) is 4.90 Å². The van der Waals surface area contributed by atoms with Crippen LogP contribution in [0, 0.1) is 11.8 Å². The van der Waals surface area contributed by atoms with Crippen LogP contribution >= 0.6 is 0 Å². The first-order valence-electron chi connectivity index (χ1n) is 7.26. The van der Waals surface area contributed by atoms with Gasteiger partial charge in [0, 0.05) is 12.6 Å². The minimum absolute atomic E-state index is 0.866. The van der Waals surface area contributed by atoms with Crippen LogP contribution in [0.4, 0.5) is 0 Å². The van der Waals surface area contributed by atoms with Crippen LogP contribution in [0.5, 0.6) is 0 Å². The zero-order chi connectivity index (χ0) is 12.4. The smallest absolute Gasteiger partial charge is 0.0166 e. The average Bonchev–Trinajstić information content (AvgIpc) is 3.25. The fraction of sp³-hybridized carbons (Fsp3) is 0.529. The summed E-state index contributed by atoms with van der Waals surface area (Å²) in [6.45, 7) is 1.09. The molecule has 2 aliphatic carbocycles. The molecule has 1 aromatic rings. The highest BCUT2D eigenvalue weighted by atomic mass is 15.1. The van der Waals surface area contributed by atoms with Crippen LogP contribution in [0.3, 0.4) is 0 Å². The van der Waals surface area contributed by atoms with Crippen molar-refractivity contribution >= 4 is 6.08 Å². The van der Waals surface area contributed by atoms with Crippen molar-refractivity contribution in [1.82, 2.24) is 4.90 Å². The molecule has 0 aliphatic heterocycles. The van der Waals surface area contributed by atoms with Gasteiger partial charge >= 0.3 is 0 Å². The Hall–Kier alpha value is -1.08. The topological polar surface area (TPSA) is 3.24 Å². The lowest BCUT2D eigenvalue weighted by atomic mass is 10.1. The standard InChI is InChI=1S/C17H23N/c1-18(17(15-9-10-15)16-11-12-16)13-5-8-14-6-3-2-4-7-14/h2-8,15-17H,9-13H2,1H3. The number of hydrogen-bond donors (Lipinski definition) is 0. The third kappa shape index (κ3) is 3.02. The van der Waals surface area contributed by atoms with E-state index in [1.807, 2.05) is 0 Å². The highest BCUT2D eigenvalue weighted by molar-refractivity contribution is 5.48. The third-order valence-corrected chi connectivity index (χ3v) is 4.22. The molecule has 0 spiro atoms. The Morgan fingerprint density at radius 1 is 1.11 bits per heavy atom. The molecular formula is C17H23N. The summed E-state index contributed by atoms with van der Waals surface area (Å²) in [5.41, 5.74) is 1.31. The molecule has 18 heavy (non-hydrogen) atoms. The van der Waals surface area contributed by atoms with Crippen molar-refractivity contribution in [3.8, 4) is 0 Å². The van der Waals surface area contributed by atoms with Gasteiger partial charge < -0.3 is 0 Å². The van der Waals surface area contributed by atoms with Crippen LogP contribution in [-0.2, 0) is 0 Å². The number of rotatable bonds is 6. The zero-order valence-corrected chi connectivity index (χ0v) is 11.3. The molecule has 2 saturated carbocycles. The van der Waals surface area contributed by atoms with Crippen LogP contribution in [0.1, 0.15) is 31.2 Å². The van der Waals surface area contributed by atoms with Crippen LogP contribution in [0.25, 0.3) is 6.08 Å². The number of benzene rings is 1. The Morgan fingerprint density at radius 3 is 2.28 bits per heavy atom. The van der Waals surface area contributed by atoms with Gasteiger partial charge in [-0.15, -0.1) is 0 Å². The van der Waals surface area contributed by atoms with E-state index >= 15 is 0 Å². The molecule has 0 aromatic heterocycles. The SMILES string of the molecule is CN(CC=Cc1ccccc1)C(C1CC1)C1CC1. The van der Waals surface area contributed by atoms with Crippen molar-refractivity contribution in [2.75, 3.05) is 13.6 Å². The number of nitrogens with zero attached hydrogens (tertiary/aromatic N) is 1. The fourth-order valence-corrected chi connectivity index (χ4v) is 3.02. The molecule has 2 aliphatic rings. The van der Waals surface area contributed by atoms with E-state index in [2.05, 4.69) is 54.4 Å². The lowest BCUT2D eigenvalue weighted by Gasteiger charge is -2.27. The summed E-state index contributed by atoms with van der Waals surface area (Å²) in [6, 6.07) is 11.5. The predicted molar refractivity (Wildman–Crippen MR) is 77.3 cm³/mol. The summed E-state index contributed by atoms with van der Waals surface area (Å²) >= 11 is 0. The average molecular weight is 241 g/mol. The van der Waals surface area contributed by atoms with E-state index in [4.69, 9.17) is 0 Å². The van der Waals surface area contributed by atoms with Gasteiger partial charge in [0.2, 0.25) is 0 Å². The molecule has 0 atom stereocenters. The van der Waals surface area contributed by atoms with Gasteiger partial charge in [0.1, 0.15) is 0 Å². The van der Waals surface area contributed by atoms with Gasteiger partial charge in [0.15, 0.2) is 0 Å². The molecule has 0 unspecified atom stereocenters. The lowest BCUT2D eigenvalue weighted by molar-refractivity contribution is 0.214. The van der Waals surface area contributed by atoms with E-state index in [1.54, 1.807) is 0 Å². The summed E-state index contributed by atoms with van der Waals surface area (Å²) in [4.78, 5) is 2.58. The van der Waals surface area contributed by atoms with E-state index in [0.29, 0.717) is 0 Å². The van der Waals surface area contributed by atoms with Crippen LogP contribution in [0.2, 0.25) is 0 Å². The van der Waals surface area contributed by atoms with Crippen molar-refractivity contribution in [3.63, 3.8) is 0 Å². The first kappa shape index (κ1) is 12.0. The summed E-state index contributed by atoms with van der Waals surface area (Å²) in [5, 5.41) is 0. The maximum Gasteiger partial charge on any atom is 0.0166 e. The van der Waals surface area contributed by atoms with Gasteiger partial charge in [-0.2, -0.15) is 0 Å². The molecule has 1 heteroatoms. The molecule has 0 N–H and O–H groups in total. The van der Waals surface area contributed by atoms with Crippen molar-refractivity contribution in [2.45, 2.75) is 31.7 Å². The molecule has 1 nitrogen and oxygen atoms in total. The number of hydrogen-bond acceptors (Lipinski definition) is 1. The Morgan fingerprint density at radius 2 is 1.72 bits per heavy atom. The minimum atomic E-state index is 0.866. The Balaban J connectivity index is 1.54.